The number of hydrogen-bond acceptors (Lipinski definition) is 4. The van der Waals surface area contributed by atoms with E-state index in [0.29, 0.717) is 12.1 Å². The maximum Gasteiger partial charge on any atom is 0.102 e. The molecule has 4 heteroatoms. The first-order valence-corrected chi connectivity index (χ1v) is 7.44. The van der Waals surface area contributed by atoms with E-state index in [1.807, 2.05) is 24.5 Å². The SMILES string of the molecule is CCC(CC)(CN)Nc1cccc(SC)c1C#N. The van der Waals surface area contributed by atoms with E-state index in [9.17, 15) is 5.26 Å². The van der Waals surface area contributed by atoms with Gasteiger partial charge in [0.2, 0.25) is 0 Å². The van der Waals surface area contributed by atoms with Gasteiger partial charge in [-0.3, -0.25) is 0 Å². The number of thioether (sulfide) groups is 1. The van der Waals surface area contributed by atoms with Crippen LogP contribution in [-0.2, 0) is 0 Å². The molecule has 0 spiro atoms. The highest BCUT2D eigenvalue weighted by atomic mass is 32.2. The summed E-state index contributed by atoms with van der Waals surface area (Å²) < 4.78 is 0. The van der Waals surface area contributed by atoms with Crippen molar-refractivity contribution in [2.75, 3.05) is 18.1 Å². The molecule has 0 aliphatic carbocycles. The van der Waals surface area contributed by atoms with Gasteiger partial charge in [-0.05, 0) is 31.2 Å². The molecular formula is C14H21N3S. The first-order valence-electron chi connectivity index (χ1n) is 6.21. The summed E-state index contributed by atoms with van der Waals surface area (Å²) in [5.41, 5.74) is 7.37. The third-order valence-corrected chi connectivity index (χ3v) is 4.28. The van der Waals surface area contributed by atoms with Gasteiger partial charge in [0.15, 0.2) is 0 Å². The van der Waals surface area contributed by atoms with E-state index >= 15 is 0 Å². The molecule has 0 aliphatic heterocycles. The fourth-order valence-electron chi connectivity index (χ4n) is 1.97. The maximum absolute atomic E-state index is 9.31. The summed E-state index contributed by atoms with van der Waals surface area (Å²) in [6.45, 7) is 4.80. The van der Waals surface area contributed by atoms with Crippen molar-refractivity contribution in [2.45, 2.75) is 37.1 Å². The number of nitrogens with two attached hydrogens (primary N) is 1. The first kappa shape index (κ1) is 14.9. The van der Waals surface area contributed by atoms with Crippen LogP contribution in [0.3, 0.4) is 0 Å². The van der Waals surface area contributed by atoms with Crippen LogP contribution in [0.1, 0.15) is 32.3 Å². The lowest BCUT2D eigenvalue weighted by Gasteiger charge is -2.33. The Bertz CT molecular complexity index is 425. The molecule has 0 atom stereocenters. The van der Waals surface area contributed by atoms with E-state index in [1.54, 1.807) is 11.8 Å². The molecule has 0 saturated carbocycles. The van der Waals surface area contributed by atoms with Gasteiger partial charge in [0.25, 0.3) is 0 Å². The molecule has 0 amide bonds. The summed E-state index contributed by atoms with van der Waals surface area (Å²) >= 11 is 1.59. The lowest BCUT2D eigenvalue weighted by atomic mass is 9.92. The second-order valence-electron chi connectivity index (χ2n) is 4.31. The van der Waals surface area contributed by atoms with Crippen molar-refractivity contribution in [3.63, 3.8) is 0 Å². The third kappa shape index (κ3) is 2.98. The molecule has 0 radical (unpaired) electrons. The first-order chi connectivity index (χ1) is 8.66. The van der Waals surface area contributed by atoms with E-state index < -0.39 is 0 Å². The molecule has 0 aliphatic rings. The molecule has 0 saturated heterocycles. The minimum absolute atomic E-state index is 0.122. The summed E-state index contributed by atoms with van der Waals surface area (Å²) in [4.78, 5) is 1.00. The highest BCUT2D eigenvalue weighted by Gasteiger charge is 2.25. The van der Waals surface area contributed by atoms with Gasteiger partial charge in [-0.25, -0.2) is 0 Å². The zero-order valence-electron chi connectivity index (χ0n) is 11.3. The van der Waals surface area contributed by atoms with Gasteiger partial charge in [0, 0.05) is 17.0 Å². The average Bonchev–Trinajstić information content (AvgIpc) is 2.44. The molecule has 3 nitrogen and oxygen atoms in total. The summed E-state index contributed by atoms with van der Waals surface area (Å²) in [6.07, 6.45) is 3.86. The van der Waals surface area contributed by atoms with E-state index in [2.05, 4.69) is 25.2 Å². The average molecular weight is 263 g/mol. The summed E-state index contributed by atoms with van der Waals surface area (Å²) in [7, 11) is 0. The fourth-order valence-corrected chi connectivity index (χ4v) is 2.55. The molecule has 0 unspecified atom stereocenters. The van der Waals surface area contributed by atoms with E-state index in [1.165, 1.54) is 0 Å². The van der Waals surface area contributed by atoms with Crippen LogP contribution >= 0.6 is 11.8 Å². The van der Waals surface area contributed by atoms with Crippen molar-refractivity contribution < 1.29 is 0 Å². The largest absolute Gasteiger partial charge is 0.377 e. The van der Waals surface area contributed by atoms with Gasteiger partial charge in [-0.1, -0.05) is 19.9 Å². The van der Waals surface area contributed by atoms with E-state index in [-0.39, 0.29) is 5.54 Å². The van der Waals surface area contributed by atoms with Crippen molar-refractivity contribution in [1.82, 2.24) is 0 Å². The van der Waals surface area contributed by atoms with Crippen molar-refractivity contribution >= 4 is 17.4 Å². The number of nitriles is 1. The highest BCUT2D eigenvalue weighted by molar-refractivity contribution is 7.98. The van der Waals surface area contributed by atoms with Crippen LogP contribution in [0, 0.1) is 11.3 Å². The Labute approximate surface area is 114 Å². The predicted molar refractivity (Wildman–Crippen MR) is 78.9 cm³/mol. The summed E-state index contributed by atoms with van der Waals surface area (Å²) in [5, 5.41) is 12.8. The minimum atomic E-state index is -0.122. The molecule has 0 aromatic heterocycles. The Kier molecular flexibility index (Phi) is 5.52. The molecule has 1 aromatic carbocycles. The topological polar surface area (TPSA) is 61.8 Å². The monoisotopic (exact) mass is 263 g/mol. The second-order valence-corrected chi connectivity index (χ2v) is 5.16. The van der Waals surface area contributed by atoms with Crippen molar-refractivity contribution in [2.24, 2.45) is 5.73 Å². The molecule has 1 rings (SSSR count). The molecular weight excluding hydrogens is 242 g/mol. The Morgan fingerprint density at radius 1 is 1.39 bits per heavy atom. The molecule has 0 bridgehead atoms. The fraction of sp³-hybridized carbons (Fsp3) is 0.500. The van der Waals surface area contributed by atoms with Gasteiger partial charge in [0.1, 0.15) is 6.07 Å². The van der Waals surface area contributed by atoms with E-state index in [4.69, 9.17) is 5.73 Å². The Balaban J connectivity index is 3.15. The number of rotatable bonds is 6. The van der Waals surface area contributed by atoms with Gasteiger partial charge in [0.05, 0.1) is 11.3 Å². The zero-order valence-corrected chi connectivity index (χ0v) is 12.1. The maximum atomic E-state index is 9.31. The lowest BCUT2D eigenvalue weighted by molar-refractivity contribution is 0.445. The smallest absolute Gasteiger partial charge is 0.102 e. The van der Waals surface area contributed by atoms with Crippen LogP contribution < -0.4 is 11.1 Å². The van der Waals surface area contributed by atoms with Crippen LogP contribution in [0.5, 0.6) is 0 Å². The normalized spacial score (nSPS) is 11.1. The van der Waals surface area contributed by atoms with Crippen molar-refractivity contribution in [3.05, 3.63) is 23.8 Å². The summed E-state index contributed by atoms with van der Waals surface area (Å²) in [6, 6.07) is 8.18. The zero-order chi connectivity index (χ0) is 13.6. The quantitative estimate of drug-likeness (QED) is 0.774. The van der Waals surface area contributed by atoms with Gasteiger partial charge in [-0.2, -0.15) is 5.26 Å². The number of nitrogens with zero attached hydrogens (tertiary/aromatic N) is 1. The van der Waals surface area contributed by atoms with Crippen molar-refractivity contribution in [1.29, 1.82) is 5.26 Å². The predicted octanol–water partition coefficient (Wildman–Crippen LogP) is 3.21. The van der Waals surface area contributed by atoms with Crippen LogP contribution in [0.4, 0.5) is 5.69 Å². The molecule has 0 fully saturated rings. The molecule has 1 aromatic rings. The molecule has 0 heterocycles. The van der Waals surface area contributed by atoms with E-state index in [0.717, 1.165) is 23.4 Å². The lowest BCUT2D eigenvalue weighted by Crippen LogP contribution is -2.44. The standard InChI is InChI=1S/C14H21N3S/c1-4-14(5-2,10-16)17-12-7-6-8-13(18-3)11(12)9-15/h6-8,17H,4-5,10,16H2,1-3H3. The number of benzene rings is 1. The highest BCUT2D eigenvalue weighted by Crippen LogP contribution is 2.29. The second kappa shape index (κ2) is 6.67. The van der Waals surface area contributed by atoms with Gasteiger partial charge in [-0.15, -0.1) is 11.8 Å². The Morgan fingerprint density at radius 2 is 2.06 bits per heavy atom. The van der Waals surface area contributed by atoms with Crippen LogP contribution in [-0.4, -0.2) is 18.3 Å². The molecule has 18 heavy (non-hydrogen) atoms. The number of hydrogen-bond donors (Lipinski definition) is 2. The molecule has 3 N–H and O–H groups in total. The van der Waals surface area contributed by atoms with Crippen LogP contribution in [0.15, 0.2) is 23.1 Å². The van der Waals surface area contributed by atoms with Gasteiger partial charge >= 0.3 is 0 Å². The van der Waals surface area contributed by atoms with Gasteiger partial charge < -0.3 is 11.1 Å². The summed E-state index contributed by atoms with van der Waals surface area (Å²) in [5.74, 6) is 0. The Hall–Kier alpha value is -1.18. The van der Waals surface area contributed by atoms with Crippen molar-refractivity contribution in [3.8, 4) is 6.07 Å². The van der Waals surface area contributed by atoms with Crippen LogP contribution in [0.25, 0.3) is 0 Å². The Morgan fingerprint density at radius 3 is 2.50 bits per heavy atom. The number of nitrogens with one attached hydrogen (secondary N) is 1. The number of anilines is 1. The molecule has 98 valence electrons. The third-order valence-electron chi connectivity index (χ3n) is 3.50. The minimum Gasteiger partial charge on any atom is -0.377 e. The van der Waals surface area contributed by atoms with Crippen LogP contribution in [0.2, 0.25) is 0 Å².